The number of carboxylic acids is 1. The Morgan fingerprint density at radius 1 is 1.16 bits per heavy atom. The van der Waals surface area contributed by atoms with E-state index in [0.29, 0.717) is 21.3 Å². The Bertz CT molecular complexity index is 1140. The second-order valence-corrected chi connectivity index (χ2v) is 8.65. The van der Waals surface area contributed by atoms with Gasteiger partial charge < -0.3 is 5.11 Å². The number of hydrogen-bond acceptors (Lipinski definition) is 6. The molecule has 0 radical (unpaired) electrons. The fourth-order valence-corrected chi connectivity index (χ4v) is 5.01. The number of thioether (sulfide) groups is 1. The lowest BCUT2D eigenvalue weighted by Crippen LogP contribution is -2.40. The first-order valence-electron chi connectivity index (χ1n) is 10.3. The first kappa shape index (κ1) is 21.8. The monoisotopic (exact) mass is 451 g/mol. The third kappa shape index (κ3) is 4.57. The minimum Gasteiger partial charge on any atom is -0.478 e. The van der Waals surface area contributed by atoms with E-state index in [1.54, 1.807) is 35.2 Å². The Morgan fingerprint density at radius 3 is 2.62 bits per heavy atom. The van der Waals surface area contributed by atoms with E-state index in [1.807, 2.05) is 0 Å². The van der Waals surface area contributed by atoms with Crippen molar-refractivity contribution in [3.63, 3.8) is 0 Å². The number of amides is 1. The van der Waals surface area contributed by atoms with Crippen LogP contribution in [0.4, 0.5) is 11.4 Å². The zero-order chi connectivity index (χ0) is 22.7. The van der Waals surface area contributed by atoms with Gasteiger partial charge in [0.15, 0.2) is 5.17 Å². The topological polar surface area (TPSA) is 113 Å². The summed E-state index contributed by atoms with van der Waals surface area (Å²) in [7, 11) is 0. The third-order valence-corrected chi connectivity index (χ3v) is 6.50. The summed E-state index contributed by atoms with van der Waals surface area (Å²) in [5, 5.41) is 21.1. The lowest BCUT2D eigenvalue weighted by atomic mass is 9.94. The van der Waals surface area contributed by atoms with Gasteiger partial charge in [0, 0.05) is 12.1 Å². The van der Waals surface area contributed by atoms with Gasteiger partial charge in [-0.15, -0.1) is 0 Å². The van der Waals surface area contributed by atoms with E-state index >= 15 is 0 Å². The van der Waals surface area contributed by atoms with Gasteiger partial charge in [-0.25, -0.2) is 9.79 Å². The second kappa shape index (κ2) is 9.35. The Morgan fingerprint density at radius 2 is 1.91 bits per heavy atom. The molecule has 2 aromatic carbocycles. The first-order chi connectivity index (χ1) is 15.4. The Labute approximate surface area is 188 Å². The average molecular weight is 452 g/mol. The minimum atomic E-state index is -1.05. The summed E-state index contributed by atoms with van der Waals surface area (Å²) in [6.07, 6.45) is 6.42. The van der Waals surface area contributed by atoms with E-state index in [4.69, 9.17) is 0 Å². The number of nitrogens with zero attached hydrogens (tertiary/aromatic N) is 3. The summed E-state index contributed by atoms with van der Waals surface area (Å²) in [4.78, 5) is 42.2. The van der Waals surface area contributed by atoms with Crippen LogP contribution in [-0.2, 0) is 4.79 Å². The summed E-state index contributed by atoms with van der Waals surface area (Å²) in [6.45, 7) is 0. The van der Waals surface area contributed by atoms with Gasteiger partial charge in [-0.3, -0.25) is 19.8 Å². The van der Waals surface area contributed by atoms with Crippen LogP contribution in [0.2, 0.25) is 0 Å². The number of amidine groups is 1. The highest BCUT2D eigenvalue weighted by atomic mass is 32.2. The van der Waals surface area contributed by atoms with E-state index < -0.39 is 10.9 Å². The maximum Gasteiger partial charge on any atom is 0.335 e. The van der Waals surface area contributed by atoms with Crippen molar-refractivity contribution in [2.75, 3.05) is 0 Å². The lowest BCUT2D eigenvalue weighted by Gasteiger charge is -2.30. The van der Waals surface area contributed by atoms with Crippen LogP contribution in [0.1, 0.15) is 48.0 Å². The molecular formula is C23H21N3O5S. The molecule has 1 aliphatic heterocycles. The van der Waals surface area contributed by atoms with Crippen LogP contribution < -0.4 is 0 Å². The van der Waals surface area contributed by atoms with E-state index in [2.05, 4.69) is 4.99 Å². The molecule has 2 aliphatic rings. The largest absolute Gasteiger partial charge is 0.478 e. The zero-order valence-electron chi connectivity index (χ0n) is 17.1. The van der Waals surface area contributed by atoms with E-state index in [-0.39, 0.29) is 23.2 Å². The SMILES string of the molecule is O=C(O)c1cccc(N=C2S/C(=C\c3ccccc3[N+](=O)[O-])C(=O)N2C2CCCCC2)c1. The third-order valence-electron chi connectivity index (χ3n) is 5.51. The van der Waals surface area contributed by atoms with Crippen LogP contribution in [0.3, 0.4) is 0 Å². The van der Waals surface area contributed by atoms with Crippen molar-refractivity contribution < 1.29 is 19.6 Å². The molecule has 0 atom stereocenters. The maximum atomic E-state index is 13.4. The summed E-state index contributed by atoms with van der Waals surface area (Å²) >= 11 is 1.16. The molecule has 1 heterocycles. The molecule has 0 unspecified atom stereocenters. The summed E-state index contributed by atoms with van der Waals surface area (Å²) in [6, 6.07) is 12.5. The number of rotatable bonds is 5. The standard InChI is InChI=1S/C23H21N3O5S/c27-21-20(14-15-7-4-5-12-19(15)26(30)31)32-23(25(21)18-10-2-1-3-11-18)24-17-9-6-8-16(13-17)22(28)29/h4-9,12-14,18H,1-3,10-11H2,(H,28,29)/b20-14-,24-23?. The highest BCUT2D eigenvalue weighted by molar-refractivity contribution is 8.18. The quantitative estimate of drug-likeness (QED) is 0.378. The number of carbonyl (C=O) groups excluding carboxylic acids is 1. The number of aromatic carboxylic acids is 1. The van der Waals surface area contributed by atoms with Gasteiger partial charge >= 0.3 is 5.97 Å². The van der Waals surface area contributed by atoms with Crippen molar-refractivity contribution in [3.8, 4) is 0 Å². The molecule has 2 fully saturated rings. The first-order valence-corrected chi connectivity index (χ1v) is 11.1. The van der Waals surface area contributed by atoms with Crippen molar-refractivity contribution >= 4 is 46.3 Å². The molecule has 8 nitrogen and oxygen atoms in total. The highest BCUT2D eigenvalue weighted by Gasteiger charge is 2.39. The van der Waals surface area contributed by atoms with Crippen molar-refractivity contribution in [1.82, 2.24) is 4.90 Å². The molecule has 1 N–H and O–H groups in total. The van der Waals surface area contributed by atoms with Crippen molar-refractivity contribution in [2.45, 2.75) is 38.1 Å². The van der Waals surface area contributed by atoms with Gasteiger partial charge in [-0.05, 0) is 54.9 Å². The predicted octanol–water partition coefficient (Wildman–Crippen LogP) is 5.23. The molecule has 0 bridgehead atoms. The van der Waals surface area contributed by atoms with Crippen LogP contribution in [0.5, 0.6) is 0 Å². The Balaban J connectivity index is 1.75. The molecule has 1 aliphatic carbocycles. The maximum absolute atomic E-state index is 13.4. The minimum absolute atomic E-state index is 0.00168. The van der Waals surface area contributed by atoms with Crippen LogP contribution in [-0.4, -0.2) is 38.0 Å². The number of benzene rings is 2. The van der Waals surface area contributed by atoms with E-state index in [9.17, 15) is 24.8 Å². The number of carboxylic acid groups (broad SMARTS) is 1. The summed E-state index contributed by atoms with van der Waals surface area (Å²) in [5.41, 5.74) is 0.831. The van der Waals surface area contributed by atoms with Gasteiger partial charge in [-0.1, -0.05) is 37.5 Å². The zero-order valence-corrected chi connectivity index (χ0v) is 18.0. The number of carbonyl (C=O) groups is 2. The summed E-state index contributed by atoms with van der Waals surface area (Å²) in [5.74, 6) is -1.28. The van der Waals surface area contributed by atoms with Crippen LogP contribution in [0, 0.1) is 10.1 Å². The fraction of sp³-hybridized carbons (Fsp3) is 0.261. The molecule has 1 saturated carbocycles. The number of nitro groups is 1. The lowest BCUT2D eigenvalue weighted by molar-refractivity contribution is -0.385. The van der Waals surface area contributed by atoms with E-state index in [1.165, 1.54) is 24.3 Å². The van der Waals surface area contributed by atoms with Crippen molar-refractivity contribution in [3.05, 3.63) is 74.7 Å². The number of para-hydroxylation sites is 1. The smallest absolute Gasteiger partial charge is 0.335 e. The molecule has 4 rings (SSSR count). The van der Waals surface area contributed by atoms with Crippen molar-refractivity contribution in [2.24, 2.45) is 4.99 Å². The fourth-order valence-electron chi connectivity index (χ4n) is 3.96. The molecule has 0 spiro atoms. The summed E-state index contributed by atoms with van der Waals surface area (Å²) < 4.78 is 0. The van der Waals surface area contributed by atoms with Gasteiger partial charge in [0.05, 0.1) is 26.6 Å². The molecule has 0 aromatic heterocycles. The van der Waals surface area contributed by atoms with E-state index in [0.717, 1.165) is 43.9 Å². The molecule has 1 amide bonds. The van der Waals surface area contributed by atoms with Gasteiger partial charge in [0.1, 0.15) is 0 Å². The van der Waals surface area contributed by atoms with Gasteiger partial charge in [0.2, 0.25) is 0 Å². The molecule has 164 valence electrons. The molecule has 32 heavy (non-hydrogen) atoms. The number of hydrogen-bond donors (Lipinski definition) is 1. The number of nitro benzene ring substituents is 1. The molecule has 2 aromatic rings. The second-order valence-electron chi connectivity index (χ2n) is 7.64. The molecule has 9 heteroatoms. The average Bonchev–Trinajstić information content (AvgIpc) is 3.09. The van der Waals surface area contributed by atoms with Crippen LogP contribution in [0.25, 0.3) is 6.08 Å². The van der Waals surface area contributed by atoms with Gasteiger partial charge in [0.25, 0.3) is 11.6 Å². The van der Waals surface area contributed by atoms with Crippen LogP contribution >= 0.6 is 11.8 Å². The Hall–Kier alpha value is -3.46. The molecular weight excluding hydrogens is 430 g/mol. The van der Waals surface area contributed by atoms with Crippen molar-refractivity contribution in [1.29, 1.82) is 0 Å². The highest BCUT2D eigenvalue weighted by Crippen LogP contribution is 2.39. The molecule has 1 saturated heterocycles. The Kier molecular flexibility index (Phi) is 6.36. The predicted molar refractivity (Wildman–Crippen MR) is 123 cm³/mol. The van der Waals surface area contributed by atoms with Crippen LogP contribution in [0.15, 0.2) is 58.4 Å². The number of aliphatic imine (C=N–C) groups is 1. The van der Waals surface area contributed by atoms with Gasteiger partial charge in [-0.2, -0.15) is 0 Å². The normalized spacial score (nSPS) is 19.6.